The van der Waals surface area contributed by atoms with E-state index in [-0.39, 0.29) is 29.1 Å². The van der Waals surface area contributed by atoms with Gasteiger partial charge in [0, 0.05) is 30.9 Å². The molecule has 13 heteroatoms. The molecule has 0 aliphatic heterocycles. The number of rotatable bonds is 5. The molecule has 0 fully saturated rings. The molecule has 0 saturated heterocycles. The Bertz CT molecular complexity index is 1160. The molecule has 1 aromatic carbocycles. The van der Waals surface area contributed by atoms with Gasteiger partial charge in [-0.3, -0.25) is 19.9 Å². The maximum atomic E-state index is 13.5. The standard InChI is InChI=1S/C20H20F5N7O/c1-4-10(2)26-19(28-18(33)14-9-32(3)31-17(14)20(23,24)25)27-16-8-15(29-30-16)11-5-12(21)7-13(22)6-11/h5-10H,4H2,1-3H3,(H3,26,27,28,29,30,33). The minimum Gasteiger partial charge on any atom is -0.309 e. The van der Waals surface area contributed by atoms with Crippen molar-refractivity contribution in [1.29, 1.82) is 0 Å². The molecule has 0 aliphatic rings. The Morgan fingerprint density at radius 2 is 1.88 bits per heavy atom. The van der Waals surface area contributed by atoms with E-state index in [4.69, 9.17) is 0 Å². The average Bonchev–Trinajstić information content (AvgIpc) is 3.33. The monoisotopic (exact) mass is 469 g/mol. The quantitative estimate of drug-likeness (QED) is 0.298. The third-order valence-electron chi connectivity index (χ3n) is 4.51. The van der Waals surface area contributed by atoms with E-state index in [0.717, 1.165) is 29.1 Å². The number of benzene rings is 1. The molecule has 33 heavy (non-hydrogen) atoms. The molecule has 0 aliphatic carbocycles. The number of halogens is 5. The van der Waals surface area contributed by atoms with Crippen LogP contribution in [-0.4, -0.2) is 37.9 Å². The first-order chi connectivity index (χ1) is 15.5. The molecule has 176 valence electrons. The van der Waals surface area contributed by atoms with E-state index >= 15 is 0 Å². The van der Waals surface area contributed by atoms with E-state index < -0.39 is 35.0 Å². The topological polar surface area (TPSA) is 100.0 Å². The van der Waals surface area contributed by atoms with Crippen molar-refractivity contribution in [3.05, 3.63) is 53.4 Å². The smallest absolute Gasteiger partial charge is 0.309 e. The number of carbonyl (C=O) groups is 1. The van der Waals surface area contributed by atoms with Crippen LogP contribution in [0.1, 0.15) is 36.3 Å². The van der Waals surface area contributed by atoms with Crippen molar-refractivity contribution in [2.75, 3.05) is 5.32 Å². The summed E-state index contributed by atoms with van der Waals surface area (Å²) in [5, 5.41) is 14.9. The second kappa shape index (κ2) is 9.38. The highest BCUT2D eigenvalue weighted by atomic mass is 19.4. The number of anilines is 1. The van der Waals surface area contributed by atoms with E-state index in [1.165, 1.54) is 13.1 Å². The van der Waals surface area contributed by atoms with Crippen molar-refractivity contribution >= 4 is 17.7 Å². The Kier molecular flexibility index (Phi) is 6.79. The number of hydrogen-bond acceptors (Lipinski definition) is 4. The van der Waals surface area contributed by atoms with Crippen LogP contribution >= 0.6 is 0 Å². The summed E-state index contributed by atoms with van der Waals surface area (Å²) in [7, 11) is 1.26. The second-order valence-corrected chi connectivity index (χ2v) is 7.20. The molecular formula is C20H20F5N7O. The van der Waals surface area contributed by atoms with Gasteiger partial charge >= 0.3 is 6.18 Å². The molecule has 3 rings (SSSR count). The normalized spacial score (nSPS) is 13.2. The van der Waals surface area contributed by atoms with Crippen molar-refractivity contribution in [2.45, 2.75) is 32.5 Å². The molecule has 1 atom stereocenters. The van der Waals surface area contributed by atoms with Gasteiger partial charge in [0.1, 0.15) is 11.6 Å². The fraction of sp³-hybridized carbons (Fsp3) is 0.300. The zero-order chi connectivity index (χ0) is 24.3. The van der Waals surface area contributed by atoms with Crippen LogP contribution in [-0.2, 0) is 13.2 Å². The van der Waals surface area contributed by atoms with Crippen LogP contribution in [0.2, 0.25) is 0 Å². The molecule has 1 amide bonds. The summed E-state index contributed by atoms with van der Waals surface area (Å²) in [5.74, 6) is -2.68. The number of aliphatic imine (C=N–C) groups is 1. The SMILES string of the molecule is CCC(C)N=C(NC(=O)c1cn(C)nc1C(F)(F)F)Nc1cc(-c2cc(F)cc(F)c2)[nH]n1. The highest BCUT2D eigenvalue weighted by molar-refractivity contribution is 6.10. The van der Waals surface area contributed by atoms with E-state index in [0.29, 0.717) is 6.42 Å². The number of guanidine groups is 1. The Hall–Kier alpha value is -3.77. The van der Waals surface area contributed by atoms with Crippen LogP contribution in [0.15, 0.2) is 35.5 Å². The number of alkyl halides is 3. The summed E-state index contributed by atoms with van der Waals surface area (Å²) in [6.45, 7) is 3.58. The van der Waals surface area contributed by atoms with Gasteiger partial charge in [-0.25, -0.2) is 13.8 Å². The first kappa shape index (κ1) is 23.9. The fourth-order valence-electron chi connectivity index (χ4n) is 2.81. The third-order valence-corrected chi connectivity index (χ3v) is 4.51. The molecule has 2 heterocycles. The molecule has 0 spiro atoms. The maximum absolute atomic E-state index is 13.5. The lowest BCUT2D eigenvalue weighted by molar-refractivity contribution is -0.141. The van der Waals surface area contributed by atoms with Crippen LogP contribution in [0.4, 0.5) is 27.8 Å². The van der Waals surface area contributed by atoms with Gasteiger partial charge in [-0.15, -0.1) is 0 Å². The molecule has 1 unspecified atom stereocenters. The minimum atomic E-state index is -4.83. The van der Waals surface area contributed by atoms with E-state index in [9.17, 15) is 26.7 Å². The van der Waals surface area contributed by atoms with Gasteiger partial charge in [-0.2, -0.15) is 23.4 Å². The highest BCUT2D eigenvalue weighted by Gasteiger charge is 2.39. The van der Waals surface area contributed by atoms with Crippen LogP contribution < -0.4 is 10.6 Å². The fourth-order valence-corrected chi connectivity index (χ4v) is 2.81. The van der Waals surface area contributed by atoms with Crippen molar-refractivity contribution < 1.29 is 26.7 Å². The predicted molar refractivity (Wildman–Crippen MR) is 110 cm³/mol. The maximum Gasteiger partial charge on any atom is 0.435 e. The van der Waals surface area contributed by atoms with Crippen molar-refractivity contribution in [3.8, 4) is 11.3 Å². The average molecular weight is 469 g/mol. The number of nitrogens with one attached hydrogen (secondary N) is 3. The Balaban J connectivity index is 1.86. The zero-order valence-electron chi connectivity index (χ0n) is 17.8. The van der Waals surface area contributed by atoms with Crippen LogP contribution in [0.5, 0.6) is 0 Å². The van der Waals surface area contributed by atoms with Crippen molar-refractivity contribution in [1.82, 2.24) is 25.3 Å². The molecule has 3 aromatic rings. The first-order valence-corrected chi connectivity index (χ1v) is 9.75. The summed E-state index contributed by atoms with van der Waals surface area (Å²) >= 11 is 0. The van der Waals surface area contributed by atoms with Crippen LogP contribution in [0.25, 0.3) is 11.3 Å². The van der Waals surface area contributed by atoms with Crippen LogP contribution in [0, 0.1) is 11.6 Å². The second-order valence-electron chi connectivity index (χ2n) is 7.20. The predicted octanol–water partition coefficient (Wildman–Crippen LogP) is 4.10. The van der Waals surface area contributed by atoms with Crippen molar-refractivity contribution in [2.24, 2.45) is 12.0 Å². The number of aromatic amines is 1. The molecule has 0 saturated carbocycles. The number of hydrogen-bond donors (Lipinski definition) is 3. The Morgan fingerprint density at radius 3 is 2.48 bits per heavy atom. The van der Waals surface area contributed by atoms with Gasteiger partial charge in [-0.05, 0) is 25.5 Å². The molecule has 0 radical (unpaired) electrons. The van der Waals surface area contributed by atoms with E-state index in [2.05, 4.69) is 30.9 Å². The lowest BCUT2D eigenvalue weighted by atomic mass is 10.1. The minimum absolute atomic E-state index is 0.110. The molecule has 8 nitrogen and oxygen atoms in total. The zero-order valence-corrected chi connectivity index (χ0v) is 17.8. The van der Waals surface area contributed by atoms with E-state index in [1.807, 2.05) is 6.92 Å². The van der Waals surface area contributed by atoms with Gasteiger partial charge in [0.15, 0.2) is 11.5 Å². The van der Waals surface area contributed by atoms with Gasteiger partial charge in [0.25, 0.3) is 5.91 Å². The summed E-state index contributed by atoms with van der Waals surface area (Å²) in [4.78, 5) is 16.9. The molecular weight excluding hydrogens is 449 g/mol. The van der Waals surface area contributed by atoms with Crippen LogP contribution in [0.3, 0.4) is 0 Å². The van der Waals surface area contributed by atoms with Crippen molar-refractivity contribution in [3.63, 3.8) is 0 Å². The number of H-pyrrole nitrogens is 1. The number of nitrogens with zero attached hydrogens (tertiary/aromatic N) is 4. The number of aromatic nitrogens is 4. The van der Waals surface area contributed by atoms with Gasteiger partial charge < -0.3 is 5.32 Å². The summed E-state index contributed by atoms with van der Waals surface area (Å²) in [6, 6.07) is 4.02. The van der Waals surface area contributed by atoms with Gasteiger partial charge in [0.2, 0.25) is 5.96 Å². The first-order valence-electron chi connectivity index (χ1n) is 9.75. The van der Waals surface area contributed by atoms with Gasteiger partial charge in [-0.1, -0.05) is 6.92 Å². The third kappa shape index (κ3) is 5.93. The molecule has 2 aromatic heterocycles. The number of amides is 1. The Labute approximate surface area is 184 Å². The molecule has 0 bridgehead atoms. The lowest BCUT2D eigenvalue weighted by Crippen LogP contribution is -2.37. The Morgan fingerprint density at radius 1 is 1.21 bits per heavy atom. The summed E-state index contributed by atoms with van der Waals surface area (Å²) in [6.07, 6.45) is -3.30. The lowest BCUT2D eigenvalue weighted by Gasteiger charge is -2.12. The largest absolute Gasteiger partial charge is 0.435 e. The number of aryl methyl sites for hydroxylation is 1. The summed E-state index contributed by atoms with van der Waals surface area (Å²) < 4.78 is 67.5. The molecule has 3 N–H and O–H groups in total. The van der Waals surface area contributed by atoms with E-state index in [1.54, 1.807) is 6.92 Å². The highest BCUT2D eigenvalue weighted by Crippen LogP contribution is 2.30. The summed E-state index contributed by atoms with van der Waals surface area (Å²) in [5.41, 5.74) is -1.57. The van der Waals surface area contributed by atoms with Gasteiger partial charge in [0.05, 0.1) is 17.3 Å². The number of carbonyl (C=O) groups excluding carboxylic acids is 1.